The van der Waals surface area contributed by atoms with Crippen LogP contribution >= 0.6 is 11.6 Å². The number of benzene rings is 1. The van der Waals surface area contributed by atoms with E-state index in [2.05, 4.69) is 20.8 Å². The van der Waals surface area contributed by atoms with Crippen molar-refractivity contribution in [1.29, 1.82) is 0 Å². The molecule has 10 heteroatoms. The van der Waals surface area contributed by atoms with Crippen molar-refractivity contribution < 1.29 is 9.90 Å². The maximum atomic E-state index is 12.5. The van der Waals surface area contributed by atoms with E-state index in [0.29, 0.717) is 35.1 Å². The van der Waals surface area contributed by atoms with Crippen molar-refractivity contribution in [3.8, 4) is 11.3 Å². The van der Waals surface area contributed by atoms with E-state index in [1.54, 1.807) is 39.0 Å². The van der Waals surface area contributed by atoms with Crippen LogP contribution in [-0.4, -0.2) is 46.3 Å². The van der Waals surface area contributed by atoms with Crippen LogP contribution in [0.25, 0.3) is 11.3 Å². The quantitative estimate of drug-likeness (QED) is 0.519. The van der Waals surface area contributed by atoms with Gasteiger partial charge in [-0.1, -0.05) is 37.5 Å². The standard InChI is InChI=1S/C20H26ClN5O4/c1-20(2,3)19(29)25-17-8-13(21)4-5-15(17)16-9-18(28)26(12-23-16)7-6-22-14(11-27)10-24-30/h4-5,8-9,12,14,22,27H,6-7,10-11H2,1-3H3,(H,25,29). The normalized spacial score (nSPS) is 12.4. The number of aliphatic hydroxyl groups is 1. The summed E-state index contributed by atoms with van der Waals surface area (Å²) in [7, 11) is 0. The van der Waals surface area contributed by atoms with Crippen molar-refractivity contribution in [3.63, 3.8) is 0 Å². The number of halogens is 1. The fraction of sp³-hybridized carbons (Fsp3) is 0.450. The topological polar surface area (TPSA) is 126 Å². The molecule has 3 N–H and O–H groups in total. The van der Waals surface area contributed by atoms with Gasteiger partial charge in [0.05, 0.1) is 36.9 Å². The van der Waals surface area contributed by atoms with E-state index in [1.807, 2.05) is 0 Å². The minimum absolute atomic E-state index is 0.0534. The molecule has 1 aromatic carbocycles. The number of hydrogen-bond donors (Lipinski definition) is 3. The molecular weight excluding hydrogens is 410 g/mol. The van der Waals surface area contributed by atoms with E-state index in [1.165, 1.54) is 17.0 Å². The van der Waals surface area contributed by atoms with Gasteiger partial charge in [0.15, 0.2) is 0 Å². The van der Waals surface area contributed by atoms with Gasteiger partial charge in [-0.05, 0) is 18.2 Å². The summed E-state index contributed by atoms with van der Waals surface area (Å²) < 4.78 is 1.41. The minimum Gasteiger partial charge on any atom is -0.395 e. The Morgan fingerprint density at radius 3 is 2.67 bits per heavy atom. The lowest BCUT2D eigenvalue weighted by atomic mass is 9.95. The Labute approximate surface area is 179 Å². The Balaban J connectivity index is 2.21. The van der Waals surface area contributed by atoms with Gasteiger partial charge in [-0.2, -0.15) is 4.91 Å². The Morgan fingerprint density at radius 1 is 1.33 bits per heavy atom. The Hall–Kier alpha value is -2.62. The van der Waals surface area contributed by atoms with E-state index in [-0.39, 0.29) is 24.6 Å². The van der Waals surface area contributed by atoms with Crippen molar-refractivity contribution >= 4 is 23.2 Å². The Bertz CT molecular complexity index is 955. The number of nitrogens with zero attached hydrogens (tertiary/aromatic N) is 3. The van der Waals surface area contributed by atoms with Crippen LogP contribution in [0, 0.1) is 10.3 Å². The van der Waals surface area contributed by atoms with Gasteiger partial charge in [-0.3, -0.25) is 14.2 Å². The lowest BCUT2D eigenvalue weighted by Gasteiger charge is -2.19. The smallest absolute Gasteiger partial charge is 0.253 e. The predicted octanol–water partition coefficient (Wildman–Crippen LogP) is 2.27. The highest BCUT2D eigenvalue weighted by Crippen LogP contribution is 2.30. The van der Waals surface area contributed by atoms with Gasteiger partial charge in [-0.15, -0.1) is 0 Å². The second-order valence-electron chi connectivity index (χ2n) is 7.85. The highest BCUT2D eigenvalue weighted by atomic mass is 35.5. The molecule has 0 aliphatic heterocycles. The van der Waals surface area contributed by atoms with Gasteiger partial charge in [0.25, 0.3) is 5.56 Å². The van der Waals surface area contributed by atoms with Crippen LogP contribution in [0.15, 0.2) is 40.6 Å². The van der Waals surface area contributed by atoms with Gasteiger partial charge < -0.3 is 15.7 Å². The van der Waals surface area contributed by atoms with Crippen molar-refractivity contribution in [1.82, 2.24) is 14.9 Å². The van der Waals surface area contributed by atoms with Crippen molar-refractivity contribution in [2.24, 2.45) is 10.6 Å². The second-order valence-corrected chi connectivity index (χ2v) is 8.28. The molecule has 1 aromatic heterocycles. The third-order valence-corrected chi connectivity index (χ3v) is 4.60. The van der Waals surface area contributed by atoms with Gasteiger partial charge in [0.1, 0.15) is 0 Å². The highest BCUT2D eigenvalue weighted by molar-refractivity contribution is 6.31. The maximum Gasteiger partial charge on any atom is 0.253 e. The molecule has 1 amide bonds. The Morgan fingerprint density at radius 2 is 2.07 bits per heavy atom. The second kappa shape index (κ2) is 10.4. The number of aromatic nitrogens is 2. The van der Waals surface area contributed by atoms with Crippen LogP contribution < -0.4 is 16.2 Å². The fourth-order valence-corrected chi connectivity index (χ4v) is 2.73. The largest absolute Gasteiger partial charge is 0.395 e. The number of anilines is 1. The summed E-state index contributed by atoms with van der Waals surface area (Å²) in [5.41, 5.74) is 0.579. The number of carbonyl (C=O) groups is 1. The first kappa shape index (κ1) is 23.7. The van der Waals surface area contributed by atoms with Gasteiger partial charge >= 0.3 is 0 Å². The molecule has 1 atom stereocenters. The molecule has 0 aliphatic rings. The third kappa shape index (κ3) is 6.45. The van der Waals surface area contributed by atoms with Gasteiger partial charge in [-0.25, -0.2) is 4.98 Å². The molecule has 0 aliphatic carbocycles. The molecule has 30 heavy (non-hydrogen) atoms. The third-order valence-electron chi connectivity index (χ3n) is 4.37. The first-order chi connectivity index (χ1) is 14.2. The predicted molar refractivity (Wildman–Crippen MR) is 117 cm³/mol. The molecule has 0 bridgehead atoms. The van der Waals surface area contributed by atoms with Crippen LogP contribution in [0.1, 0.15) is 20.8 Å². The zero-order valence-corrected chi connectivity index (χ0v) is 17.9. The summed E-state index contributed by atoms with van der Waals surface area (Å²) in [6.07, 6.45) is 1.41. The van der Waals surface area contributed by atoms with Crippen molar-refractivity contribution in [2.45, 2.75) is 33.4 Å². The molecule has 0 fully saturated rings. The summed E-state index contributed by atoms with van der Waals surface area (Å²) >= 11 is 6.09. The zero-order valence-electron chi connectivity index (χ0n) is 17.2. The summed E-state index contributed by atoms with van der Waals surface area (Å²) in [6.45, 7) is 5.77. The summed E-state index contributed by atoms with van der Waals surface area (Å²) in [6, 6.07) is 5.91. The molecule has 0 spiro atoms. The average Bonchev–Trinajstić information content (AvgIpc) is 2.68. The van der Waals surface area contributed by atoms with E-state index in [9.17, 15) is 14.5 Å². The average molecular weight is 436 g/mol. The van der Waals surface area contributed by atoms with Crippen LogP contribution in [0.2, 0.25) is 5.02 Å². The van der Waals surface area contributed by atoms with E-state index in [0.717, 1.165) is 0 Å². The SMILES string of the molecule is CC(C)(C)C(=O)Nc1cc(Cl)ccc1-c1cc(=O)n(CCNC(CO)CN=O)cn1. The van der Waals surface area contributed by atoms with Crippen LogP contribution in [0.4, 0.5) is 5.69 Å². The Kier molecular flexibility index (Phi) is 8.22. The summed E-state index contributed by atoms with van der Waals surface area (Å²) in [5.74, 6) is -0.186. The van der Waals surface area contributed by atoms with Crippen LogP contribution in [0.5, 0.6) is 0 Å². The number of carbonyl (C=O) groups excluding carboxylic acids is 1. The van der Waals surface area contributed by atoms with Crippen LogP contribution in [0.3, 0.4) is 0 Å². The molecular formula is C20H26ClN5O4. The fourth-order valence-electron chi connectivity index (χ4n) is 2.56. The molecule has 1 heterocycles. The van der Waals surface area contributed by atoms with E-state index < -0.39 is 11.5 Å². The molecule has 0 saturated heterocycles. The van der Waals surface area contributed by atoms with E-state index >= 15 is 0 Å². The molecule has 162 valence electrons. The first-order valence-corrected chi connectivity index (χ1v) is 9.84. The number of rotatable bonds is 9. The maximum absolute atomic E-state index is 12.5. The zero-order chi connectivity index (χ0) is 22.3. The number of amides is 1. The van der Waals surface area contributed by atoms with Crippen molar-refractivity contribution in [2.75, 3.05) is 25.0 Å². The van der Waals surface area contributed by atoms with Gasteiger partial charge in [0, 0.05) is 35.2 Å². The van der Waals surface area contributed by atoms with Crippen molar-refractivity contribution in [3.05, 3.63) is 50.9 Å². The number of hydrogen-bond acceptors (Lipinski definition) is 7. The number of aliphatic hydroxyl groups excluding tert-OH is 1. The summed E-state index contributed by atoms with van der Waals surface area (Å²) in [4.78, 5) is 39.6. The monoisotopic (exact) mass is 435 g/mol. The molecule has 1 unspecified atom stereocenters. The molecule has 2 rings (SSSR count). The summed E-state index contributed by atoms with van der Waals surface area (Å²) in [5, 5.41) is 18.1. The first-order valence-electron chi connectivity index (χ1n) is 9.47. The molecule has 0 radical (unpaired) electrons. The lowest BCUT2D eigenvalue weighted by Crippen LogP contribution is -2.38. The minimum atomic E-state index is -0.602. The lowest BCUT2D eigenvalue weighted by molar-refractivity contribution is -0.123. The van der Waals surface area contributed by atoms with Crippen LogP contribution in [-0.2, 0) is 11.3 Å². The molecule has 9 nitrogen and oxygen atoms in total. The molecule has 0 saturated carbocycles. The number of nitrogens with one attached hydrogen (secondary N) is 2. The molecule has 2 aromatic rings. The highest BCUT2D eigenvalue weighted by Gasteiger charge is 2.22. The van der Waals surface area contributed by atoms with E-state index in [4.69, 9.17) is 16.7 Å². The van der Waals surface area contributed by atoms with Gasteiger partial charge in [0.2, 0.25) is 5.91 Å². The number of nitroso groups, excluding NO2 is 1.